The van der Waals surface area contributed by atoms with Gasteiger partial charge in [0.2, 0.25) is 0 Å². The van der Waals surface area contributed by atoms with Crippen LogP contribution in [-0.2, 0) is 6.42 Å². The van der Waals surface area contributed by atoms with Gasteiger partial charge in [0.15, 0.2) is 0 Å². The van der Waals surface area contributed by atoms with Crippen molar-refractivity contribution < 1.29 is 0 Å². The minimum absolute atomic E-state index is 0.192. The molecule has 114 valence electrons. The molecule has 0 aliphatic heterocycles. The van der Waals surface area contributed by atoms with Gasteiger partial charge in [-0.05, 0) is 55.8 Å². The SMILES string of the molecule is CN(C)C1(C(Cc2csc3ccccc23)NN)CCCC1. The normalized spacial score (nSPS) is 19.4. The lowest BCUT2D eigenvalue weighted by molar-refractivity contribution is 0.105. The van der Waals surface area contributed by atoms with Gasteiger partial charge in [-0.25, -0.2) is 0 Å². The molecule has 1 heterocycles. The van der Waals surface area contributed by atoms with Gasteiger partial charge in [0, 0.05) is 16.3 Å². The zero-order valence-electron chi connectivity index (χ0n) is 12.9. The molecule has 1 unspecified atom stereocenters. The fourth-order valence-corrected chi connectivity index (χ4v) is 4.89. The van der Waals surface area contributed by atoms with Crippen molar-refractivity contribution in [1.82, 2.24) is 10.3 Å². The van der Waals surface area contributed by atoms with Crippen LogP contribution in [0.2, 0.25) is 0 Å². The Hall–Kier alpha value is -0.940. The van der Waals surface area contributed by atoms with Crippen molar-refractivity contribution in [3.8, 4) is 0 Å². The predicted octanol–water partition coefficient (Wildman–Crippen LogP) is 3.15. The Bertz CT molecular complexity index is 599. The van der Waals surface area contributed by atoms with Crippen molar-refractivity contribution in [3.63, 3.8) is 0 Å². The monoisotopic (exact) mass is 303 g/mol. The second kappa shape index (κ2) is 6.05. The average Bonchev–Trinajstić information content (AvgIpc) is 3.13. The lowest BCUT2D eigenvalue weighted by Crippen LogP contribution is -2.60. The van der Waals surface area contributed by atoms with E-state index in [1.807, 2.05) is 11.3 Å². The van der Waals surface area contributed by atoms with Crippen molar-refractivity contribution in [2.24, 2.45) is 5.84 Å². The topological polar surface area (TPSA) is 41.3 Å². The maximum absolute atomic E-state index is 5.96. The second-order valence-corrected chi connectivity index (χ2v) is 7.30. The summed E-state index contributed by atoms with van der Waals surface area (Å²) >= 11 is 1.83. The summed E-state index contributed by atoms with van der Waals surface area (Å²) in [5, 5.41) is 3.68. The number of nitrogens with one attached hydrogen (secondary N) is 1. The molecule has 1 saturated carbocycles. The quantitative estimate of drug-likeness (QED) is 0.658. The summed E-state index contributed by atoms with van der Waals surface area (Å²) < 4.78 is 1.37. The highest BCUT2D eigenvalue weighted by molar-refractivity contribution is 7.17. The highest BCUT2D eigenvalue weighted by Crippen LogP contribution is 2.38. The number of rotatable bonds is 5. The smallest absolute Gasteiger partial charge is 0.0435 e. The van der Waals surface area contributed by atoms with Crippen molar-refractivity contribution in [3.05, 3.63) is 35.2 Å². The minimum atomic E-state index is 0.192. The zero-order chi connectivity index (χ0) is 14.9. The fraction of sp³-hybridized carbons (Fsp3) is 0.529. The molecular weight excluding hydrogens is 278 g/mol. The van der Waals surface area contributed by atoms with E-state index in [2.05, 4.69) is 54.1 Å². The number of hydrazine groups is 1. The predicted molar refractivity (Wildman–Crippen MR) is 91.5 cm³/mol. The summed E-state index contributed by atoms with van der Waals surface area (Å²) in [5.74, 6) is 5.96. The molecule has 3 rings (SSSR count). The van der Waals surface area contributed by atoms with E-state index in [9.17, 15) is 0 Å². The Balaban J connectivity index is 1.90. The van der Waals surface area contributed by atoms with Gasteiger partial charge in [-0.2, -0.15) is 0 Å². The summed E-state index contributed by atoms with van der Waals surface area (Å²) in [6.07, 6.45) is 6.08. The maximum atomic E-state index is 5.96. The van der Waals surface area contributed by atoms with Crippen LogP contribution in [-0.4, -0.2) is 30.6 Å². The van der Waals surface area contributed by atoms with Gasteiger partial charge in [-0.15, -0.1) is 11.3 Å². The molecule has 3 nitrogen and oxygen atoms in total. The molecule has 2 aromatic rings. The van der Waals surface area contributed by atoms with Crippen molar-refractivity contribution in [2.45, 2.75) is 43.7 Å². The molecule has 1 aromatic carbocycles. The third kappa shape index (κ3) is 2.61. The Morgan fingerprint density at radius 2 is 2.00 bits per heavy atom. The summed E-state index contributed by atoms with van der Waals surface area (Å²) in [6, 6.07) is 8.96. The minimum Gasteiger partial charge on any atom is -0.302 e. The van der Waals surface area contributed by atoms with E-state index in [0.717, 1.165) is 6.42 Å². The lowest BCUT2D eigenvalue weighted by Gasteiger charge is -2.43. The van der Waals surface area contributed by atoms with E-state index in [4.69, 9.17) is 5.84 Å². The summed E-state index contributed by atoms with van der Waals surface area (Å²) in [5.41, 5.74) is 4.75. The van der Waals surface area contributed by atoms with Crippen LogP contribution in [0, 0.1) is 0 Å². The van der Waals surface area contributed by atoms with Crippen LogP contribution >= 0.6 is 11.3 Å². The molecule has 0 spiro atoms. The largest absolute Gasteiger partial charge is 0.302 e. The Kier molecular flexibility index (Phi) is 4.31. The number of likely N-dealkylation sites (N-methyl/N-ethyl adjacent to an activating group) is 1. The van der Waals surface area contributed by atoms with E-state index in [-0.39, 0.29) is 5.54 Å². The molecule has 1 aromatic heterocycles. The molecule has 0 bridgehead atoms. The van der Waals surface area contributed by atoms with E-state index < -0.39 is 0 Å². The first-order valence-electron chi connectivity index (χ1n) is 7.76. The fourth-order valence-electron chi connectivity index (χ4n) is 3.91. The first-order chi connectivity index (χ1) is 10.2. The van der Waals surface area contributed by atoms with Gasteiger partial charge in [-0.3, -0.25) is 11.3 Å². The van der Waals surface area contributed by atoms with Crippen molar-refractivity contribution in [2.75, 3.05) is 14.1 Å². The summed E-state index contributed by atoms with van der Waals surface area (Å²) in [7, 11) is 4.39. The van der Waals surface area contributed by atoms with Gasteiger partial charge in [0.05, 0.1) is 0 Å². The molecular formula is C17H25N3S. The van der Waals surface area contributed by atoms with Crippen LogP contribution in [0.3, 0.4) is 0 Å². The molecule has 3 N–H and O–H groups in total. The molecule has 21 heavy (non-hydrogen) atoms. The Morgan fingerprint density at radius 3 is 2.67 bits per heavy atom. The molecule has 0 amide bonds. The third-order valence-corrected chi connectivity index (χ3v) is 6.21. The van der Waals surface area contributed by atoms with Gasteiger partial charge < -0.3 is 4.90 Å². The van der Waals surface area contributed by atoms with Crippen LogP contribution in [0.25, 0.3) is 10.1 Å². The zero-order valence-corrected chi connectivity index (χ0v) is 13.7. The van der Waals surface area contributed by atoms with Crippen LogP contribution in [0.4, 0.5) is 0 Å². The second-order valence-electron chi connectivity index (χ2n) is 6.39. The average molecular weight is 303 g/mol. The number of hydrogen-bond acceptors (Lipinski definition) is 4. The molecule has 0 saturated heterocycles. The third-order valence-electron chi connectivity index (χ3n) is 5.20. The Morgan fingerprint density at radius 1 is 1.29 bits per heavy atom. The van der Waals surface area contributed by atoms with Gasteiger partial charge in [0.1, 0.15) is 0 Å². The van der Waals surface area contributed by atoms with Gasteiger partial charge >= 0.3 is 0 Å². The standard InChI is InChI=1S/C17H25N3S/c1-20(2)17(9-5-6-10-17)16(19-18)11-13-12-21-15-8-4-3-7-14(13)15/h3-4,7-8,12,16,19H,5-6,9-11,18H2,1-2H3. The van der Waals surface area contributed by atoms with Crippen LogP contribution in [0.1, 0.15) is 31.2 Å². The molecule has 4 heteroatoms. The van der Waals surface area contributed by atoms with Crippen LogP contribution < -0.4 is 11.3 Å². The van der Waals surface area contributed by atoms with E-state index in [0.29, 0.717) is 6.04 Å². The number of fused-ring (bicyclic) bond motifs is 1. The highest BCUT2D eigenvalue weighted by Gasteiger charge is 2.42. The van der Waals surface area contributed by atoms with Gasteiger partial charge in [-0.1, -0.05) is 31.0 Å². The van der Waals surface area contributed by atoms with E-state index in [1.54, 1.807) is 0 Å². The number of hydrogen-bond donors (Lipinski definition) is 2. The maximum Gasteiger partial charge on any atom is 0.0435 e. The molecule has 1 atom stereocenters. The van der Waals surface area contributed by atoms with Crippen LogP contribution in [0.15, 0.2) is 29.6 Å². The number of benzene rings is 1. The van der Waals surface area contributed by atoms with Crippen LogP contribution in [0.5, 0.6) is 0 Å². The summed E-state index contributed by atoms with van der Waals surface area (Å²) in [6.45, 7) is 0. The van der Waals surface area contributed by atoms with Crippen molar-refractivity contribution >= 4 is 21.4 Å². The molecule has 0 radical (unpaired) electrons. The van der Waals surface area contributed by atoms with Gasteiger partial charge in [0.25, 0.3) is 0 Å². The van der Waals surface area contributed by atoms with Crippen molar-refractivity contribution in [1.29, 1.82) is 0 Å². The van der Waals surface area contributed by atoms with E-state index in [1.165, 1.54) is 41.3 Å². The lowest BCUT2D eigenvalue weighted by atomic mass is 9.83. The number of thiophene rings is 1. The number of nitrogens with two attached hydrogens (primary N) is 1. The summed E-state index contributed by atoms with van der Waals surface area (Å²) in [4.78, 5) is 2.39. The Labute approximate surface area is 131 Å². The first-order valence-corrected chi connectivity index (χ1v) is 8.64. The molecule has 1 aliphatic rings. The first kappa shape index (κ1) is 15.0. The number of nitrogens with zero attached hydrogens (tertiary/aromatic N) is 1. The molecule has 1 fully saturated rings. The molecule has 1 aliphatic carbocycles. The highest BCUT2D eigenvalue weighted by atomic mass is 32.1. The van der Waals surface area contributed by atoms with E-state index >= 15 is 0 Å².